The lowest BCUT2D eigenvalue weighted by atomic mass is 9.65. The van der Waals surface area contributed by atoms with Crippen molar-refractivity contribution in [2.75, 3.05) is 0 Å². The van der Waals surface area contributed by atoms with E-state index in [4.69, 9.17) is 11.5 Å². The molecule has 0 saturated carbocycles. The number of hydrogen-bond donors (Lipinski definition) is 2. The Hall–Kier alpha value is -1.06. The minimum atomic E-state index is -0.828. The molecule has 0 heterocycles. The molecule has 2 amide bonds. The topological polar surface area (TPSA) is 86.2 Å². The van der Waals surface area contributed by atoms with Gasteiger partial charge >= 0.3 is 0 Å². The first-order valence-corrected chi connectivity index (χ1v) is 12.5. The van der Waals surface area contributed by atoms with E-state index in [-0.39, 0.29) is 5.41 Å². The third-order valence-corrected chi connectivity index (χ3v) is 6.52. The predicted octanol–water partition coefficient (Wildman–Crippen LogP) is 6.64. The molecule has 0 rings (SSSR count). The summed E-state index contributed by atoms with van der Waals surface area (Å²) in [5.41, 5.74) is 11.1. The van der Waals surface area contributed by atoms with Crippen LogP contribution in [0.25, 0.3) is 0 Å². The molecule has 0 aliphatic heterocycles. The molecule has 4 nitrogen and oxygen atoms in total. The Labute approximate surface area is 181 Å². The Morgan fingerprint density at radius 1 is 0.552 bits per heavy atom. The van der Waals surface area contributed by atoms with Gasteiger partial charge in [0.15, 0.2) is 0 Å². The van der Waals surface area contributed by atoms with E-state index in [1.165, 1.54) is 51.4 Å². The smallest absolute Gasteiger partial charge is 0.230 e. The van der Waals surface area contributed by atoms with E-state index in [9.17, 15) is 9.59 Å². The van der Waals surface area contributed by atoms with E-state index in [2.05, 4.69) is 20.8 Å². The van der Waals surface area contributed by atoms with Crippen LogP contribution in [0.2, 0.25) is 0 Å². The van der Waals surface area contributed by atoms with Crippen molar-refractivity contribution in [3.05, 3.63) is 0 Å². The van der Waals surface area contributed by atoms with Crippen molar-refractivity contribution in [3.8, 4) is 0 Å². The van der Waals surface area contributed by atoms with Gasteiger partial charge in [0.2, 0.25) is 11.8 Å². The number of nitrogens with two attached hydrogens (primary N) is 2. The van der Waals surface area contributed by atoms with Crippen molar-refractivity contribution >= 4 is 11.8 Å². The van der Waals surface area contributed by atoms with Gasteiger partial charge in [-0.15, -0.1) is 0 Å². The van der Waals surface area contributed by atoms with E-state index in [1.807, 2.05) is 0 Å². The molecule has 0 aliphatic rings. The summed E-state index contributed by atoms with van der Waals surface area (Å²) in [6.45, 7) is 6.63. The predicted molar refractivity (Wildman–Crippen MR) is 124 cm³/mol. The highest BCUT2D eigenvalue weighted by molar-refractivity contribution is 5.99. The molecule has 172 valence electrons. The number of primary amides is 2. The maximum absolute atomic E-state index is 12.3. The molecular weight excluding hydrogens is 360 g/mol. The van der Waals surface area contributed by atoms with Crippen LogP contribution in [0.4, 0.5) is 0 Å². The van der Waals surface area contributed by atoms with Crippen molar-refractivity contribution in [1.29, 1.82) is 0 Å². The van der Waals surface area contributed by atoms with Gasteiger partial charge in [-0.1, -0.05) is 117 Å². The molecule has 0 radical (unpaired) electrons. The van der Waals surface area contributed by atoms with E-state index in [1.54, 1.807) is 0 Å². The second-order valence-electron chi connectivity index (χ2n) is 9.09. The molecule has 0 aromatic rings. The molecule has 0 aliphatic carbocycles. The highest BCUT2D eigenvalue weighted by atomic mass is 16.2. The van der Waals surface area contributed by atoms with Gasteiger partial charge in [-0.25, -0.2) is 0 Å². The van der Waals surface area contributed by atoms with Crippen LogP contribution in [-0.4, -0.2) is 11.8 Å². The third-order valence-electron chi connectivity index (χ3n) is 6.52. The minimum absolute atomic E-state index is 0.345. The largest absolute Gasteiger partial charge is 0.369 e. The second kappa shape index (κ2) is 17.8. The SMILES string of the molecule is CCCCCCCCC(CCCCC)(CCCCCCCC)C(C(N)=O)C(N)=O. The van der Waals surface area contributed by atoms with Gasteiger partial charge in [0.1, 0.15) is 5.92 Å². The summed E-state index contributed by atoms with van der Waals surface area (Å²) < 4.78 is 0. The summed E-state index contributed by atoms with van der Waals surface area (Å²) in [6, 6.07) is 0. The van der Waals surface area contributed by atoms with E-state index >= 15 is 0 Å². The monoisotopic (exact) mass is 410 g/mol. The molecule has 0 atom stereocenters. The molecule has 0 fully saturated rings. The Kier molecular flexibility index (Phi) is 17.1. The third kappa shape index (κ3) is 12.3. The molecule has 4 N–H and O–H groups in total. The second-order valence-corrected chi connectivity index (χ2v) is 9.09. The van der Waals surface area contributed by atoms with Crippen molar-refractivity contribution in [2.24, 2.45) is 22.8 Å². The molecule has 0 aromatic heterocycles. The van der Waals surface area contributed by atoms with Crippen LogP contribution in [-0.2, 0) is 9.59 Å². The first-order chi connectivity index (χ1) is 13.9. The van der Waals surface area contributed by atoms with Crippen LogP contribution in [0.15, 0.2) is 0 Å². The van der Waals surface area contributed by atoms with E-state index in [0.29, 0.717) is 0 Å². The first-order valence-electron chi connectivity index (χ1n) is 12.5. The first kappa shape index (κ1) is 27.9. The van der Waals surface area contributed by atoms with Crippen LogP contribution < -0.4 is 11.5 Å². The molecular formula is C25H50N2O2. The maximum atomic E-state index is 12.3. The molecule has 4 heteroatoms. The summed E-state index contributed by atoms with van der Waals surface area (Å²) >= 11 is 0. The Morgan fingerprint density at radius 2 is 0.828 bits per heavy atom. The summed E-state index contributed by atoms with van der Waals surface area (Å²) in [5, 5.41) is 0. The number of unbranched alkanes of at least 4 members (excludes halogenated alkanes) is 12. The number of amides is 2. The van der Waals surface area contributed by atoms with Crippen LogP contribution in [0.5, 0.6) is 0 Å². The van der Waals surface area contributed by atoms with Crippen LogP contribution in [0.1, 0.15) is 136 Å². The van der Waals surface area contributed by atoms with E-state index < -0.39 is 17.7 Å². The fourth-order valence-electron chi connectivity index (χ4n) is 4.79. The average molecular weight is 411 g/mol. The summed E-state index contributed by atoms with van der Waals surface area (Å²) in [4.78, 5) is 24.6. The number of hydrogen-bond acceptors (Lipinski definition) is 2. The average Bonchev–Trinajstić information content (AvgIpc) is 2.67. The summed E-state index contributed by atoms with van der Waals surface area (Å²) in [5.74, 6) is -1.87. The standard InChI is InChI=1S/C25H50N2O2/c1-4-7-10-12-14-17-20-25(19-16-9-6-3,22(23(26)28)24(27)29)21-18-15-13-11-8-5-2/h22H,4-21H2,1-3H3,(H2,26,28)(H2,27,29). The quantitative estimate of drug-likeness (QED) is 0.164. The highest BCUT2D eigenvalue weighted by Gasteiger charge is 2.44. The van der Waals surface area contributed by atoms with Gasteiger partial charge in [0, 0.05) is 0 Å². The van der Waals surface area contributed by atoms with Gasteiger partial charge < -0.3 is 11.5 Å². The minimum Gasteiger partial charge on any atom is -0.369 e. The van der Waals surface area contributed by atoms with Crippen molar-refractivity contribution in [3.63, 3.8) is 0 Å². The molecule has 0 saturated heterocycles. The van der Waals surface area contributed by atoms with Gasteiger partial charge in [0.05, 0.1) is 0 Å². The van der Waals surface area contributed by atoms with Gasteiger partial charge in [0.25, 0.3) is 0 Å². The number of carbonyl (C=O) groups is 2. The summed E-state index contributed by atoms with van der Waals surface area (Å²) in [6.07, 6.45) is 20.5. The Bertz CT molecular complexity index is 393. The van der Waals surface area contributed by atoms with Gasteiger partial charge in [-0.3, -0.25) is 9.59 Å². The fraction of sp³-hybridized carbons (Fsp3) is 0.920. The van der Waals surface area contributed by atoms with Crippen molar-refractivity contribution < 1.29 is 9.59 Å². The fourth-order valence-corrected chi connectivity index (χ4v) is 4.79. The van der Waals surface area contributed by atoms with Gasteiger partial charge in [-0.2, -0.15) is 0 Å². The normalized spacial score (nSPS) is 11.9. The zero-order valence-electron chi connectivity index (χ0n) is 19.8. The van der Waals surface area contributed by atoms with Crippen LogP contribution in [0, 0.1) is 11.3 Å². The maximum Gasteiger partial charge on any atom is 0.230 e. The lowest BCUT2D eigenvalue weighted by Gasteiger charge is -2.39. The lowest BCUT2D eigenvalue weighted by molar-refractivity contribution is -0.138. The van der Waals surface area contributed by atoms with E-state index in [0.717, 1.165) is 64.2 Å². The highest BCUT2D eigenvalue weighted by Crippen LogP contribution is 2.44. The Balaban J connectivity index is 5.17. The van der Waals surface area contributed by atoms with Crippen molar-refractivity contribution in [1.82, 2.24) is 0 Å². The zero-order valence-corrected chi connectivity index (χ0v) is 19.8. The van der Waals surface area contributed by atoms with Crippen LogP contribution in [0.3, 0.4) is 0 Å². The molecule has 0 spiro atoms. The lowest BCUT2D eigenvalue weighted by Crippen LogP contribution is -2.47. The number of rotatable bonds is 21. The van der Waals surface area contributed by atoms with Gasteiger partial charge in [-0.05, 0) is 24.7 Å². The summed E-state index contributed by atoms with van der Waals surface area (Å²) in [7, 11) is 0. The molecule has 29 heavy (non-hydrogen) atoms. The Morgan fingerprint density at radius 3 is 1.17 bits per heavy atom. The van der Waals surface area contributed by atoms with Crippen LogP contribution >= 0.6 is 0 Å². The molecule has 0 bridgehead atoms. The molecule has 0 aromatic carbocycles. The van der Waals surface area contributed by atoms with Crippen molar-refractivity contribution in [2.45, 2.75) is 136 Å². The number of carbonyl (C=O) groups excluding carboxylic acids is 2. The zero-order chi connectivity index (χ0) is 22.0. The molecule has 0 unspecified atom stereocenters.